The fourth-order valence-electron chi connectivity index (χ4n) is 4.07. The molecule has 182 valence electrons. The third-order valence-corrected chi connectivity index (χ3v) is 5.83. The minimum absolute atomic E-state index is 0.223. The van der Waals surface area contributed by atoms with Gasteiger partial charge in [-0.3, -0.25) is 23.7 Å². The van der Waals surface area contributed by atoms with Gasteiger partial charge >= 0.3 is 0 Å². The van der Waals surface area contributed by atoms with E-state index in [2.05, 4.69) is 32.2 Å². The monoisotopic (exact) mass is 489 g/mol. The minimum atomic E-state index is -0.591. The Labute approximate surface area is 212 Å². The van der Waals surface area contributed by atoms with E-state index in [4.69, 9.17) is 4.98 Å². The molecule has 4 heterocycles. The molecule has 37 heavy (non-hydrogen) atoms. The summed E-state index contributed by atoms with van der Waals surface area (Å²) in [6.45, 7) is 3.51. The van der Waals surface area contributed by atoms with Crippen molar-refractivity contribution in [2.24, 2.45) is 7.05 Å². The van der Waals surface area contributed by atoms with E-state index in [1.54, 1.807) is 49.1 Å². The lowest BCUT2D eigenvalue weighted by molar-refractivity contribution is 0.0933. The molecule has 4 aromatic heterocycles. The first-order valence-corrected chi connectivity index (χ1v) is 11.6. The van der Waals surface area contributed by atoms with Crippen LogP contribution in [0, 0.1) is 18.8 Å². The second kappa shape index (κ2) is 9.87. The molecule has 1 amide bonds. The number of nitrogens with one attached hydrogen (secondary N) is 1. The average Bonchev–Trinajstić information content (AvgIpc) is 3.32. The first-order valence-electron chi connectivity index (χ1n) is 11.6. The number of aryl methyl sites for hydroxylation is 2. The molecule has 5 rings (SSSR count). The Morgan fingerprint density at radius 2 is 1.81 bits per heavy atom. The van der Waals surface area contributed by atoms with Crippen molar-refractivity contribution < 1.29 is 4.79 Å². The van der Waals surface area contributed by atoms with E-state index in [9.17, 15) is 9.59 Å². The molecule has 0 aliphatic heterocycles. The number of pyridine rings is 1. The Balaban J connectivity index is 1.65. The number of hydrogen-bond donors (Lipinski definition) is 1. The zero-order chi connectivity index (χ0) is 25.9. The van der Waals surface area contributed by atoms with Gasteiger partial charge in [-0.2, -0.15) is 5.10 Å². The summed E-state index contributed by atoms with van der Waals surface area (Å²) in [4.78, 5) is 40.1. The van der Waals surface area contributed by atoms with Crippen molar-refractivity contribution >= 4 is 11.6 Å². The molecule has 0 radical (unpaired) electrons. The Kier molecular flexibility index (Phi) is 6.31. The van der Waals surface area contributed by atoms with Gasteiger partial charge in [0, 0.05) is 25.6 Å². The summed E-state index contributed by atoms with van der Waals surface area (Å²) in [6, 6.07) is 14.0. The number of carbonyl (C=O) groups excluding carboxylic acids is 1. The third kappa shape index (κ3) is 4.73. The zero-order valence-corrected chi connectivity index (χ0v) is 20.5. The summed E-state index contributed by atoms with van der Waals surface area (Å²) in [6.07, 6.45) is 6.46. The number of amides is 1. The van der Waals surface area contributed by atoms with Crippen LogP contribution in [0.3, 0.4) is 0 Å². The maximum absolute atomic E-state index is 14.0. The van der Waals surface area contributed by atoms with Crippen LogP contribution >= 0.6 is 0 Å². The number of nitrogens with zero attached hydrogens (tertiary/aromatic N) is 6. The summed E-state index contributed by atoms with van der Waals surface area (Å²) >= 11 is 0. The Hall–Kier alpha value is -5.10. The van der Waals surface area contributed by atoms with E-state index in [1.807, 2.05) is 37.4 Å². The van der Waals surface area contributed by atoms with Gasteiger partial charge in [-0.15, -0.1) is 0 Å². The molecule has 9 nitrogen and oxygen atoms in total. The first kappa shape index (κ1) is 23.6. The number of aromatic nitrogens is 6. The van der Waals surface area contributed by atoms with Crippen molar-refractivity contribution in [2.75, 3.05) is 0 Å². The molecule has 5 aromatic rings. The van der Waals surface area contributed by atoms with Crippen LogP contribution in [-0.2, 0) is 7.05 Å². The summed E-state index contributed by atoms with van der Waals surface area (Å²) in [5.41, 5.74) is 3.64. The normalized spacial score (nSPS) is 11.5. The predicted molar refractivity (Wildman–Crippen MR) is 139 cm³/mol. The highest BCUT2D eigenvalue weighted by molar-refractivity contribution is 5.93. The van der Waals surface area contributed by atoms with E-state index in [0.29, 0.717) is 33.9 Å². The fourth-order valence-corrected chi connectivity index (χ4v) is 4.07. The van der Waals surface area contributed by atoms with E-state index >= 15 is 0 Å². The van der Waals surface area contributed by atoms with E-state index in [0.717, 1.165) is 5.56 Å². The standard InChI is InChI=1S/C28H23N7O2/c1-18-26(30-15-14-29-18)27(36)32-19(2)25-24(21-8-5-4-6-9-21)28(37)35-22(10-7-11-23(35)33-25)13-12-20-16-31-34(3)17-20/h4-11,14-17,19H,1-3H3,(H,32,36). The van der Waals surface area contributed by atoms with Gasteiger partial charge in [-0.05, 0) is 37.5 Å². The summed E-state index contributed by atoms with van der Waals surface area (Å²) in [5, 5.41) is 7.06. The van der Waals surface area contributed by atoms with Crippen LogP contribution in [-0.4, -0.2) is 35.0 Å². The zero-order valence-electron chi connectivity index (χ0n) is 20.5. The molecule has 0 aliphatic rings. The molecule has 0 bridgehead atoms. The lowest BCUT2D eigenvalue weighted by atomic mass is 10.0. The maximum Gasteiger partial charge on any atom is 0.272 e. The van der Waals surface area contributed by atoms with Gasteiger partial charge in [0.05, 0.1) is 34.8 Å². The molecule has 0 saturated heterocycles. The van der Waals surface area contributed by atoms with Crippen molar-refractivity contribution in [3.05, 3.63) is 112 Å². The lowest BCUT2D eigenvalue weighted by Gasteiger charge is -2.18. The molecule has 9 heteroatoms. The van der Waals surface area contributed by atoms with Crippen LogP contribution in [0.25, 0.3) is 16.8 Å². The number of rotatable bonds is 4. The Bertz CT molecular complexity index is 1740. The highest BCUT2D eigenvalue weighted by Gasteiger charge is 2.23. The smallest absolute Gasteiger partial charge is 0.272 e. The topological polar surface area (TPSA) is 107 Å². The maximum atomic E-state index is 14.0. The molecule has 0 saturated carbocycles. The second-order valence-electron chi connectivity index (χ2n) is 8.49. The molecular weight excluding hydrogens is 466 g/mol. The largest absolute Gasteiger partial charge is 0.343 e. The Morgan fingerprint density at radius 1 is 1.03 bits per heavy atom. The first-order chi connectivity index (χ1) is 17.9. The van der Waals surface area contributed by atoms with Crippen LogP contribution in [0.4, 0.5) is 0 Å². The number of carbonyl (C=O) groups is 1. The SMILES string of the molecule is Cc1nccnc1C(=O)NC(C)c1nc2cccc(C#Cc3cnn(C)c3)n2c(=O)c1-c1ccccc1. The highest BCUT2D eigenvalue weighted by Crippen LogP contribution is 2.25. The Morgan fingerprint density at radius 3 is 2.54 bits per heavy atom. The van der Waals surface area contributed by atoms with Crippen LogP contribution in [0.15, 0.2) is 78.1 Å². The van der Waals surface area contributed by atoms with Crippen LogP contribution in [0.1, 0.15) is 46.1 Å². The van der Waals surface area contributed by atoms with E-state index < -0.39 is 11.9 Å². The van der Waals surface area contributed by atoms with Gasteiger partial charge in [-0.25, -0.2) is 9.97 Å². The van der Waals surface area contributed by atoms with Crippen molar-refractivity contribution in [3.63, 3.8) is 0 Å². The van der Waals surface area contributed by atoms with E-state index in [-0.39, 0.29) is 11.3 Å². The number of hydrogen-bond acceptors (Lipinski definition) is 6. The summed E-state index contributed by atoms with van der Waals surface area (Å²) in [7, 11) is 1.82. The molecule has 1 unspecified atom stereocenters. The van der Waals surface area contributed by atoms with Crippen LogP contribution in [0.5, 0.6) is 0 Å². The van der Waals surface area contributed by atoms with Crippen molar-refractivity contribution in [2.45, 2.75) is 19.9 Å². The van der Waals surface area contributed by atoms with Crippen molar-refractivity contribution in [3.8, 4) is 23.0 Å². The molecule has 1 N–H and O–H groups in total. The number of fused-ring (bicyclic) bond motifs is 1. The average molecular weight is 490 g/mol. The van der Waals surface area contributed by atoms with Gasteiger partial charge in [0.2, 0.25) is 0 Å². The van der Waals surface area contributed by atoms with Crippen molar-refractivity contribution in [1.82, 2.24) is 34.4 Å². The molecule has 0 fully saturated rings. The molecule has 1 atom stereocenters. The van der Waals surface area contributed by atoms with Gasteiger partial charge < -0.3 is 5.32 Å². The fraction of sp³-hybridized carbons (Fsp3) is 0.143. The highest BCUT2D eigenvalue weighted by atomic mass is 16.2. The van der Waals surface area contributed by atoms with Gasteiger partial charge in [-0.1, -0.05) is 42.3 Å². The van der Waals surface area contributed by atoms with Gasteiger partial charge in [0.1, 0.15) is 17.0 Å². The van der Waals surface area contributed by atoms with E-state index in [1.165, 1.54) is 16.8 Å². The lowest BCUT2D eigenvalue weighted by Crippen LogP contribution is -2.31. The summed E-state index contributed by atoms with van der Waals surface area (Å²) in [5.74, 6) is 5.74. The predicted octanol–water partition coefficient (Wildman–Crippen LogP) is 3.08. The van der Waals surface area contributed by atoms with Gasteiger partial charge in [0.25, 0.3) is 11.5 Å². The molecular formula is C28H23N7O2. The second-order valence-corrected chi connectivity index (χ2v) is 8.49. The third-order valence-electron chi connectivity index (χ3n) is 5.83. The quantitative estimate of drug-likeness (QED) is 0.389. The molecule has 0 aliphatic carbocycles. The van der Waals surface area contributed by atoms with Gasteiger partial charge in [0.15, 0.2) is 0 Å². The molecule has 0 spiro atoms. The van der Waals surface area contributed by atoms with Crippen LogP contribution in [0.2, 0.25) is 0 Å². The van der Waals surface area contributed by atoms with Crippen molar-refractivity contribution in [1.29, 1.82) is 0 Å². The summed E-state index contributed by atoms with van der Waals surface area (Å²) < 4.78 is 3.16. The molecule has 1 aromatic carbocycles. The minimum Gasteiger partial charge on any atom is -0.343 e. The van der Waals surface area contributed by atoms with Crippen LogP contribution < -0.4 is 10.9 Å². The number of benzene rings is 1.